The van der Waals surface area contributed by atoms with E-state index >= 15 is 0 Å². The zero-order valence-electron chi connectivity index (χ0n) is 13.1. The van der Waals surface area contributed by atoms with Gasteiger partial charge in [0, 0.05) is 11.8 Å². The molecule has 2 aromatic rings. The lowest BCUT2D eigenvalue weighted by Gasteiger charge is -2.28. The van der Waals surface area contributed by atoms with Crippen molar-refractivity contribution in [2.45, 2.75) is 39.5 Å². The molecule has 0 saturated carbocycles. The maximum absolute atomic E-state index is 12.4. The monoisotopic (exact) mass is 282 g/mol. The van der Waals surface area contributed by atoms with Crippen LogP contribution in [0.2, 0.25) is 0 Å². The minimum absolute atomic E-state index is 0.102. The van der Waals surface area contributed by atoms with E-state index in [0.717, 1.165) is 22.6 Å². The van der Waals surface area contributed by atoms with Gasteiger partial charge in [-0.1, -0.05) is 63.2 Å². The number of hydrogen-bond acceptors (Lipinski definition) is 2. The quantitative estimate of drug-likeness (QED) is 0.783. The first-order valence-corrected chi connectivity index (χ1v) is 7.26. The van der Waals surface area contributed by atoms with Gasteiger partial charge in [-0.25, -0.2) is 0 Å². The lowest BCUT2D eigenvalue weighted by molar-refractivity contribution is -0.129. The van der Waals surface area contributed by atoms with Gasteiger partial charge in [-0.15, -0.1) is 0 Å². The second-order valence-corrected chi connectivity index (χ2v) is 6.91. The first kappa shape index (κ1) is 15.4. The molecule has 0 N–H and O–H groups in total. The van der Waals surface area contributed by atoms with Crippen molar-refractivity contribution in [2.24, 2.45) is 5.41 Å². The number of carbonyl (C=O) groups excluding carboxylic acids is 2. The van der Waals surface area contributed by atoms with Crippen LogP contribution in [-0.2, 0) is 15.0 Å². The first-order valence-electron chi connectivity index (χ1n) is 7.26. The van der Waals surface area contributed by atoms with Gasteiger partial charge >= 0.3 is 0 Å². The summed E-state index contributed by atoms with van der Waals surface area (Å²) in [4.78, 5) is 24.2. The third-order valence-electron chi connectivity index (χ3n) is 4.03. The molecule has 2 aromatic carbocycles. The first-order chi connectivity index (χ1) is 9.78. The van der Waals surface area contributed by atoms with E-state index in [-0.39, 0.29) is 12.2 Å². The highest BCUT2D eigenvalue weighted by atomic mass is 16.1. The predicted octanol–water partition coefficient (Wildman–Crippen LogP) is 4.30. The molecule has 0 aliphatic rings. The smallest absolute Gasteiger partial charge is 0.139 e. The average Bonchev–Trinajstić information content (AvgIpc) is 2.45. The van der Waals surface area contributed by atoms with Gasteiger partial charge in [0.25, 0.3) is 0 Å². The number of carbonyl (C=O) groups is 2. The predicted molar refractivity (Wildman–Crippen MR) is 86.4 cm³/mol. The average molecular weight is 282 g/mol. The molecule has 0 heterocycles. The summed E-state index contributed by atoms with van der Waals surface area (Å²) in [5.41, 5.74) is -0.298. The molecular formula is C19H22O2. The molecule has 0 bridgehead atoms. The van der Waals surface area contributed by atoms with Crippen LogP contribution in [-0.4, -0.2) is 12.1 Å². The van der Waals surface area contributed by atoms with Crippen molar-refractivity contribution >= 4 is 22.8 Å². The van der Waals surface area contributed by atoms with Gasteiger partial charge in [0.1, 0.15) is 12.1 Å². The summed E-state index contributed by atoms with van der Waals surface area (Å²) in [5, 5.41) is 2.13. The standard InChI is InChI=1S/C19H22O2/c1-18(2,3)17(21)12-19(4,13-20)16-11-7-9-14-8-5-6-10-15(14)16/h5-11,13H,12H2,1-4H3. The number of ketones is 1. The van der Waals surface area contributed by atoms with Crippen LogP contribution in [0.3, 0.4) is 0 Å². The van der Waals surface area contributed by atoms with E-state index in [1.165, 1.54) is 0 Å². The number of rotatable bonds is 4. The Hall–Kier alpha value is -1.96. The molecule has 0 aromatic heterocycles. The molecule has 0 spiro atoms. The van der Waals surface area contributed by atoms with Gasteiger partial charge < -0.3 is 4.79 Å². The van der Waals surface area contributed by atoms with Gasteiger partial charge in [-0.2, -0.15) is 0 Å². The molecule has 2 heteroatoms. The summed E-state index contributed by atoms with van der Waals surface area (Å²) < 4.78 is 0. The van der Waals surface area contributed by atoms with Crippen molar-refractivity contribution in [3.05, 3.63) is 48.0 Å². The van der Waals surface area contributed by atoms with E-state index in [0.29, 0.717) is 0 Å². The molecule has 0 amide bonds. The zero-order valence-corrected chi connectivity index (χ0v) is 13.1. The van der Waals surface area contributed by atoms with Crippen LogP contribution >= 0.6 is 0 Å². The third kappa shape index (κ3) is 3.05. The van der Waals surface area contributed by atoms with E-state index < -0.39 is 10.8 Å². The van der Waals surface area contributed by atoms with Crippen molar-refractivity contribution in [1.82, 2.24) is 0 Å². The highest BCUT2D eigenvalue weighted by Gasteiger charge is 2.34. The lowest BCUT2D eigenvalue weighted by atomic mass is 9.73. The molecule has 0 fully saturated rings. The van der Waals surface area contributed by atoms with Crippen LogP contribution in [0.25, 0.3) is 10.8 Å². The minimum atomic E-state index is -0.786. The summed E-state index contributed by atoms with van der Waals surface area (Å²) in [6.45, 7) is 7.53. The molecule has 0 aliphatic carbocycles. The van der Waals surface area contributed by atoms with Crippen LogP contribution in [0.1, 0.15) is 39.7 Å². The largest absolute Gasteiger partial charge is 0.302 e. The molecule has 0 radical (unpaired) electrons. The van der Waals surface area contributed by atoms with Crippen molar-refractivity contribution < 1.29 is 9.59 Å². The number of hydrogen-bond donors (Lipinski definition) is 0. The molecule has 2 nitrogen and oxygen atoms in total. The summed E-state index contributed by atoms with van der Waals surface area (Å²) in [5.74, 6) is 0.102. The Morgan fingerprint density at radius 1 is 1.00 bits per heavy atom. The van der Waals surface area contributed by atoms with Crippen molar-refractivity contribution in [1.29, 1.82) is 0 Å². The minimum Gasteiger partial charge on any atom is -0.302 e. The Morgan fingerprint density at radius 2 is 1.62 bits per heavy atom. The van der Waals surface area contributed by atoms with Gasteiger partial charge in [0.2, 0.25) is 0 Å². The molecule has 2 rings (SSSR count). The Kier molecular flexibility index (Phi) is 3.99. The van der Waals surface area contributed by atoms with Gasteiger partial charge in [0.05, 0.1) is 5.41 Å². The fourth-order valence-corrected chi connectivity index (χ4v) is 2.52. The number of fused-ring (bicyclic) bond motifs is 1. The molecule has 1 atom stereocenters. The third-order valence-corrected chi connectivity index (χ3v) is 4.03. The van der Waals surface area contributed by atoms with Crippen molar-refractivity contribution in [2.75, 3.05) is 0 Å². The van der Waals surface area contributed by atoms with E-state index in [2.05, 4.69) is 0 Å². The van der Waals surface area contributed by atoms with E-state index in [1.54, 1.807) is 0 Å². The van der Waals surface area contributed by atoms with Crippen molar-refractivity contribution in [3.63, 3.8) is 0 Å². The van der Waals surface area contributed by atoms with Crippen LogP contribution in [0.15, 0.2) is 42.5 Å². The van der Waals surface area contributed by atoms with Crippen molar-refractivity contribution in [3.8, 4) is 0 Å². The van der Waals surface area contributed by atoms with Crippen LogP contribution in [0.4, 0.5) is 0 Å². The highest BCUT2D eigenvalue weighted by molar-refractivity contribution is 5.94. The molecule has 21 heavy (non-hydrogen) atoms. The normalized spacial score (nSPS) is 14.7. The van der Waals surface area contributed by atoms with E-state index in [4.69, 9.17) is 0 Å². The molecule has 0 saturated heterocycles. The Morgan fingerprint density at radius 3 is 2.24 bits per heavy atom. The zero-order chi connectivity index (χ0) is 15.7. The van der Waals surface area contributed by atoms with Gasteiger partial charge in [-0.05, 0) is 23.3 Å². The van der Waals surface area contributed by atoms with Gasteiger partial charge in [-0.3, -0.25) is 4.79 Å². The topological polar surface area (TPSA) is 34.1 Å². The summed E-state index contributed by atoms with van der Waals surface area (Å²) in [6.07, 6.45) is 1.15. The Balaban J connectivity index is 2.53. The second-order valence-electron chi connectivity index (χ2n) is 6.91. The highest BCUT2D eigenvalue weighted by Crippen LogP contribution is 2.34. The summed E-state index contributed by atoms with van der Waals surface area (Å²) in [6, 6.07) is 13.9. The van der Waals surface area contributed by atoms with Crippen LogP contribution in [0, 0.1) is 5.41 Å². The summed E-state index contributed by atoms with van der Waals surface area (Å²) >= 11 is 0. The van der Waals surface area contributed by atoms with Crippen LogP contribution in [0.5, 0.6) is 0 Å². The number of Topliss-reactive ketones (excluding diaryl/α,β-unsaturated/α-hetero) is 1. The fourth-order valence-electron chi connectivity index (χ4n) is 2.52. The molecular weight excluding hydrogens is 260 g/mol. The molecule has 0 aliphatic heterocycles. The van der Waals surface area contributed by atoms with E-state index in [1.807, 2.05) is 70.2 Å². The molecule has 110 valence electrons. The summed E-state index contributed by atoms with van der Waals surface area (Å²) in [7, 11) is 0. The molecule has 1 unspecified atom stereocenters. The Labute approximate surface area is 126 Å². The Bertz CT molecular complexity index is 674. The van der Waals surface area contributed by atoms with Crippen LogP contribution < -0.4 is 0 Å². The lowest BCUT2D eigenvalue weighted by Crippen LogP contribution is -2.33. The van der Waals surface area contributed by atoms with Gasteiger partial charge in [0.15, 0.2) is 0 Å². The SMILES string of the molecule is CC(C)(C)C(=O)CC(C)(C=O)c1cccc2ccccc12. The number of aldehydes is 1. The fraction of sp³-hybridized carbons (Fsp3) is 0.368. The second kappa shape index (κ2) is 5.44. The number of benzene rings is 2. The maximum atomic E-state index is 12.4. The maximum Gasteiger partial charge on any atom is 0.139 e. The van der Waals surface area contributed by atoms with E-state index in [9.17, 15) is 9.59 Å².